The summed E-state index contributed by atoms with van der Waals surface area (Å²) in [5, 5.41) is 2.93. The zero-order valence-corrected chi connectivity index (χ0v) is 19.2. The first-order valence-electron chi connectivity index (χ1n) is 11.0. The van der Waals surface area contributed by atoms with E-state index in [0.29, 0.717) is 30.9 Å². The highest BCUT2D eigenvalue weighted by molar-refractivity contribution is 7.89. The van der Waals surface area contributed by atoms with Gasteiger partial charge in [-0.3, -0.25) is 4.79 Å². The molecule has 1 aliphatic rings. The fourth-order valence-corrected chi connectivity index (χ4v) is 5.56. The third-order valence-electron chi connectivity index (χ3n) is 5.73. The quantitative estimate of drug-likeness (QED) is 0.636. The maximum Gasteiger partial charge on any atom is 0.243 e. The molecule has 168 valence electrons. The zero-order chi connectivity index (χ0) is 22.3. The Hall–Kier alpha value is -2.38. The highest BCUT2D eigenvalue weighted by Gasteiger charge is 2.27. The van der Waals surface area contributed by atoms with Gasteiger partial charge in [0.1, 0.15) is 5.75 Å². The summed E-state index contributed by atoms with van der Waals surface area (Å²) in [6, 6.07) is 14.3. The molecule has 1 atom stereocenters. The molecule has 31 heavy (non-hydrogen) atoms. The number of amides is 1. The van der Waals surface area contributed by atoms with E-state index in [1.165, 1.54) is 13.2 Å². The lowest BCUT2D eigenvalue weighted by atomic mass is 9.93. The Morgan fingerprint density at radius 1 is 1.06 bits per heavy atom. The van der Waals surface area contributed by atoms with E-state index >= 15 is 0 Å². The van der Waals surface area contributed by atoms with Crippen LogP contribution in [0.4, 0.5) is 5.69 Å². The molecule has 1 saturated heterocycles. The van der Waals surface area contributed by atoms with Crippen LogP contribution in [0, 0.1) is 0 Å². The zero-order valence-electron chi connectivity index (χ0n) is 18.3. The van der Waals surface area contributed by atoms with Crippen molar-refractivity contribution in [2.75, 3.05) is 25.5 Å². The highest BCUT2D eigenvalue weighted by Crippen LogP contribution is 2.31. The van der Waals surface area contributed by atoms with E-state index in [-0.39, 0.29) is 16.7 Å². The van der Waals surface area contributed by atoms with Crippen LogP contribution < -0.4 is 10.1 Å². The van der Waals surface area contributed by atoms with Gasteiger partial charge in [0.25, 0.3) is 0 Å². The number of ether oxygens (including phenoxy) is 1. The summed E-state index contributed by atoms with van der Waals surface area (Å²) in [5.41, 5.74) is 1.31. The Balaban J connectivity index is 1.89. The van der Waals surface area contributed by atoms with Gasteiger partial charge in [-0.2, -0.15) is 4.31 Å². The van der Waals surface area contributed by atoms with Gasteiger partial charge in [-0.05, 0) is 43.0 Å². The maximum atomic E-state index is 13.2. The van der Waals surface area contributed by atoms with Crippen LogP contribution in [0.15, 0.2) is 53.4 Å². The number of hydrogen-bond acceptors (Lipinski definition) is 4. The van der Waals surface area contributed by atoms with Gasteiger partial charge in [-0.25, -0.2) is 8.42 Å². The Kier molecular flexibility index (Phi) is 8.09. The number of anilines is 1. The first-order chi connectivity index (χ1) is 15.0. The number of carbonyl (C=O) groups is 1. The fourth-order valence-electron chi connectivity index (χ4n) is 4.02. The molecule has 0 radical (unpaired) electrons. The second kappa shape index (κ2) is 10.8. The van der Waals surface area contributed by atoms with Crippen LogP contribution in [0.1, 0.15) is 56.9 Å². The van der Waals surface area contributed by atoms with Crippen LogP contribution in [0.25, 0.3) is 0 Å². The minimum Gasteiger partial charge on any atom is -0.495 e. The monoisotopic (exact) mass is 444 g/mol. The number of hydrogen-bond donors (Lipinski definition) is 1. The molecule has 7 heteroatoms. The largest absolute Gasteiger partial charge is 0.495 e. The van der Waals surface area contributed by atoms with Gasteiger partial charge in [0.15, 0.2) is 0 Å². The van der Waals surface area contributed by atoms with Gasteiger partial charge in [0.2, 0.25) is 15.9 Å². The Morgan fingerprint density at radius 3 is 2.35 bits per heavy atom. The predicted molar refractivity (Wildman–Crippen MR) is 123 cm³/mol. The summed E-state index contributed by atoms with van der Waals surface area (Å²) in [5.74, 6) is -0.0519. The van der Waals surface area contributed by atoms with Crippen LogP contribution in [-0.2, 0) is 14.8 Å². The molecule has 3 rings (SSSR count). The molecule has 1 heterocycles. The number of benzene rings is 2. The molecule has 0 bridgehead atoms. The van der Waals surface area contributed by atoms with Crippen LogP contribution in [0.2, 0.25) is 0 Å². The molecule has 0 saturated carbocycles. The van der Waals surface area contributed by atoms with E-state index in [0.717, 1.165) is 37.7 Å². The first-order valence-corrected chi connectivity index (χ1v) is 12.5. The summed E-state index contributed by atoms with van der Waals surface area (Å²) in [7, 11) is -2.12. The molecular weight excluding hydrogens is 412 g/mol. The van der Waals surface area contributed by atoms with Crippen molar-refractivity contribution in [3.05, 3.63) is 54.1 Å². The lowest BCUT2D eigenvalue weighted by molar-refractivity contribution is -0.117. The summed E-state index contributed by atoms with van der Waals surface area (Å²) in [6.45, 7) is 3.10. The fraction of sp³-hybridized carbons (Fsp3) is 0.458. The molecule has 1 fully saturated rings. The molecule has 0 aliphatic carbocycles. The Morgan fingerprint density at radius 2 is 1.74 bits per heavy atom. The van der Waals surface area contributed by atoms with Crippen molar-refractivity contribution < 1.29 is 17.9 Å². The van der Waals surface area contributed by atoms with Crippen LogP contribution in [0.5, 0.6) is 5.75 Å². The molecule has 1 unspecified atom stereocenters. The maximum absolute atomic E-state index is 13.2. The van der Waals surface area contributed by atoms with Crippen LogP contribution in [-0.4, -0.2) is 38.8 Å². The SMILES string of the molecule is CCCC(C(=O)Nc1cc(S(=O)(=O)N2CCCCCC2)ccc1OC)c1ccccc1. The van der Waals surface area contributed by atoms with Crippen molar-refractivity contribution in [1.82, 2.24) is 4.31 Å². The van der Waals surface area contributed by atoms with Gasteiger partial charge >= 0.3 is 0 Å². The summed E-state index contributed by atoms with van der Waals surface area (Å²) in [4.78, 5) is 13.3. The topological polar surface area (TPSA) is 75.7 Å². The van der Waals surface area contributed by atoms with Crippen molar-refractivity contribution in [1.29, 1.82) is 0 Å². The minimum absolute atomic E-state index is 0.171. The van der Waals surface area contributed by atoms with E-state index in [2.05, 4.69) is 5.32 Å². The standard InChI is InChI=1S/C24H32N2O4S/c1-3-11-21(19-12-7-6-8-13-19)24(27)25-22-18-20(14-15-23(22)30-2)31(28,29)26-16-9-4-5-10-17-26/h6-8,12-15,18,21H,3-5,9-11,16-17H2,1-2H3,(H,25,27). The van der Waals surface area contributed by atoms with Crippen molar-refractivity contribution in [2.24, 2.45) is 0 Å². The summed E-state index contributed by atoms with van der Waals surface area (Å²) >= 11 is 0. The summed E-state index contributed by atoms with van der Waals surface area (Å²) < 4.78 is 33.4. The van der Waals surface area contributed by atoms with Crippen LogP contribution in [0.3, 0.4) is 0 Å². The average molecular weight is 445 g/mol. The van der Waals surface area contributed by atoms with Gasteiger partial charge in [0.05, 0.1) is 23.6 Å². The second-order valence-electron chi connectivity index (χ2n) is 7.92. The molecule has 0 spiro atoms. The van der Waals surface area contributed by atoms with Crippen LogP contribution >= 0.6 is 0 Å². The van der Waals surface area contributed by atoms with E-state index in [9.17, 15) is 13.2 Å². The Bertz CT molecular complexity index is 968. The second-order valence-corrected chi connectivity index (χ2v) is 9.86. The molecule has 6 nitrogen and oxygen atoms in total. The third kappa shape index (κ3) is 5.66. The molecular formula is C24H32N2O4S. The number of nitrogens with one attached hydrogen (secondary N) is 1. The smallest absolute Gasteiger partial charge is 0.243 e. The third-order valence-corrected chi connectivity index (χ3v) is 7.62. The summed E-state index contributed by atoms with van der Waals surface area (Å²) in [6.07, 6.45) is 5.39. The lowest BCUT2D eigenvalue weighted by Gasteiger charge is -2.22. The number of nitrogens with zero attached hydrogens (tertiary/aromatic N) is 1. The normalized spacial score (nSPS) is 16.3. The molecule has 1 amide bonds. The van der Waals surface area contributed by atoms with Gasteiger partial charge in [0, 0.05) is 13.1 Å². The van der Waals surface area contributed by atoms with Crippen molar-refractivity contribution >= 4 is 21.6 Å². The van der Waals surface area contributed by atoms with E-state index in [4.69, 9.17) is 4.74 Å². The number of methoxy groups -OCH3 is 1. The van der Waals surface area contributed by atoms with E-state index in [1.807, 2.05) is 37.3 Å². The van der Waals surface area contributed by atoms with Gasteiger partial charge in [-0.15, -0.1) is 0 Å². The Labute approximate surface area is 185 Å². The van der Waals surface area contributed by atoms with Crippen molar-refractivity contribution in [2.45, 2.75) is 56.3 Å². The first kappa shape index (κ1) is 23.3. The van der Waals surface area contributed by atoms with Gasteiger partial charge in [-0.1, -0.05) is 56.5 Å². The molecule has 1 N–H and O–H groups in total. The lowest BCUT2D eigenvalue weighted by Crippen LogP contribution is -2.32. The van der Waals surface area contributed by atoms with E-state index in [1.54, 1.807) is 16.4 Å². The number of sulfonamides is 1. The number of rotatable bonds is 8. The van der Waals surface area contributed by atoms with Crippen molar-refractivity contribution in [3.63, 3.8) is 0 Å². The molecule has 0 aromatic heterocycles. The molecule has 2 aromatic carbocycles. The van der Waals surface area contributed by atoms with E-state index < -0.39 is 10.0 Å². The van der Waals surface area contributed by atoms with Crippen molar-refractivity contribution in [3.8, 4) is 5.75 Å². The predicted octanol–water partition coefficient (Wildman–Crippen LogP) is 4.78. The number of carbonyl (C=O) groups excluding carboxylic acids is 1. The van der Waals surface area contributed by atoms with Gasteiger partial charge < -0.3 is 10.1 Å². The molecule has 2 aromatic rings. The average Bonchev–Trinajstić information content (AvgIpc) is 3.08. The highest BCUT2D eigenvalue weighted by atomic mass is 32.2. The minimum atomic E-state index is -3.62. The molecule has 1 aliphatic heterocycles.